The van der Waals surface area contributed by atoms with Gasteiger partial charge in [0.2, 0.25) is 0 Å². The fraction of sp³-hybridized carbons (Fsp3) is 0.333. The first-order valence-corrected chi connectivity index (χ1v) is 3.57. The maximum atomic E-state index is 12.1. The SMILES string of the molecule is C[C@H](O)c1cccc(CF)c1. The predicted molar refractivity (Wildman–Crippen MR) is 41.9 cm³/mol. The maximum Gasteiger partial charge on any atom is 0.115 e. The van der Waals surface area contributed by atoms with Crippen molar-refractivity contribution in [2.75, 3.05) is 0 Å². The van der Waals surface area contributed by atoms with Crippen molar-refractivity contribution in [1.29, 1.82) is 0 Å². The van der Waals surface area contributed by atoms with E-state index in [1.807, 2.05) is 0 Å². The topological polar surface area (TPSA) is 20.2 Å². The number of aliphatic hydroxyl groups is 1. The molecule has 0 heterocycles. The summed E-state index contributed by atoms with van der Waals surface area (Å²) in [6, 6.07) is 6.90. The van der Waals surface area contributed by atoms with Gasteiger partial charge in [0.15, 0.2) is 0 Å². The second kappa shape index (κ2) is 3.49. The van der Waals surface area contributed by atoms with Crippen LogP contribution in [0.25, 0.3) is 0 Å². The van der Waals surface area contributed by atoms with Crippen LogP contribution < -0.4 is 0 Å². The molecular formula is C9H11FO. The summed E-state index contributed by atoms with van der Waals surface area (Å²) >= 11 is 0. The lowest BCUT2D eigenvalue weighted by Crippen LogP contribution is -1.91. The molecule has 0 spiro atoms. The van der Waals surface area contributed by atoms with Gasteiger partial charge in [0.05, 0.1) is 6.10 Å². The van der Waals surface area contributed by atoms with Gasteiger partial charge < -0.3 is 5.11 Å². The monoisotopic (exact) mass is 154 g/mol. The first-order valence-electron chi connectivity index (χ1n) is 3.57. The number of rotatable bonds is 2. The lowest BCUT2D eigenvalue weighted by molar-refractivity contribution is 0.199. The summed E-state index contributed by atoms with van der Waals surface area (Å²) in [5.74, 6) is 0. The van der Waals surface area contributed by atoms with Crippen molar-refractivity contribution in [3.63, 3.8) is 0 Å². The molecule has 0 unspecified atom stereocenters. The van der Waals surface area contributed by atoms with E-state index in [2.05, 4.69) is 0 Å². The molecule has 1 aromatic carbocycles. The van der Waals surface area contributed by atoms with Crippen molar-refractivity contribution in [3.8, 4) is 0 Å². The van der Waals surface area contributed by atoms with Gasteiger partial charge in [0, 0.05) is 0 Å². The molecule has 0 saturated carbocycles. The van der Waals surface area contributed by atoms with Gasteiger partial charge in [-0.1, -0.05) is 24.3 Å². The van der Waals surface area contributed by atoms with Gasteiger partial charge in [0.25, 0.3) is 0 Å². The summed E-state index contributed by atoms with van der Waals surface area (Å²) in [5.41, 5.74) is 1.38. The van der Waals surface area contributed by atoms with Crippen LogP contribution >= 0.6 is 0 Å². The Morgan fingerprint density at radius 1 is 1.55 bits per heavy atom. The fourth-order valence-corrected chi connectivity index (χ4v) is 0.936. The molecule has 1 rings (SSSR count). The normalized spacial score (nSPS) is 13.0. The van der Waals surface area contributed by atoms with Crippen molar-refractivity contribution >= 4 is 0 Å². The van der Waals surface area contributed by atoms with Crippen LogP contribution in [0.1, 0.15) is 24.2 Å². The predicted octanol–water partition coefficient (Wildman–Crippen LogP) is 2.21. The van der Waals surface area contributed by atoms with Crippen LogP contribution in [0.15, 0.2) is 24.3 Å². The number of benzene rings is 1. The van der Waals surface area contributed by atoms with Crippen molar-refractivity contribution < 1.29 is 9.50 Å². The van der Waals surface area contributed by atoms with E-state index in [9.17, 15) is 4.39 Å². The fourth-order valence-electron chi connectivity index (χ4n) is 0.936. The van der Waals surface area contributed by atoms with E-state index in [4.69, 9.17) is 5.11 Å². The molecule has 0 aromatic heterocycles. The minimum absolute atomic E-state index is 0.472. The zero-order valence-corrected chi connectivity index (χ0v) is 6.42. The Kier molecular flexibility index (Phi) is 2.60. The third kappa shape index (κ3) is 2.02. The van der Waals surface area contributed by atoms with E-state index in [1.54, 1.807) is 31.2 Å². The highest BCUT2D eigenvalue weighted by molar-refractivity contribution is 5.24. The number of hydrogen-bond acceptors (Lipinski definition) is 1. The maximum absolute atomic E-state index is 12.1. The van der Waals surface area contributed by atoms with Crippen molar-refractivity contribution in [3.05, 3.63) is 35.4 Å². The van der Waals surface area contributed by atoms with Crippen LogP contribution in [0.4, 0.5) is 4.39 Å². The summed E-state index contributed by atoms with van der Waals surface area (Å²) in [6.07, 6.45) is -0.513. The van der Waals surface area contributed by atoms with E-state index in [-0.39, 0.29) is 0 Å². The molecule has 0 radical (unpaired) electrons. The molecule has 0 bridgehead atoms. The third-order valence-electron chi connectivity index (χ3n) is 1.59. The van der Waals surface area contributed by atoms with Crippen LogP contribution in [0.5, 0.6) is 0 Å². The van der Waals surface area contributed by atoms with Gasteiger partial charge in [-0.05, 0) is 18.1 Å². The highest BCUT2D eigenvalue weighted by atomic mass is 19.1. The molecule has 1 aromatic rings. The van der Waals surface area contributed by atoms with Gasteiger partial charge in [-0.25, -0.2) is 4.39 Å². The Labute approximate surface area is 65.5 Å². The largest absolute Gasteiger partial charge is 0.389 e. The summed E-state index contributed by atoms with van der Waals surface area (Å²) < 4.78 is 12.1. The zero-order chi connectivity index (χ0) is 8.27. The summed E-state index contributed by atoms with van der Waals surface area (Å²) in [4.78, 5) is 0. The summed E-state index contributed by atoms with van der Waals surface area (Å²) in [7, 11) is 0. The first kappa shape index (κ1) is 8.21. The minimum Gasteiger partial charge on any atom is -0.389 e. The second-order valence-electron chi connectivity index (χ2n) is 2.55. The molecular weight excluding hydrogens is 143 g/mol. The molecule has 1 nitrogen and oxygen atoms in total. The Morgan fingerprint density at radius 3 is 2.82 bits per heavy atom. The highest BCUT2D eigenvalue weighted by Crippen LogP contribution is 2.13. The smallest absolute Gasteiger partial charge is 0.115 e. The van der Waals surface area contributed by atoms with Crippen LogP contribution in [0.3, 0.4) is 0 Å². The van der Waals surface area contributed by atoms with E-state index < -0.39 is 12.8 Å². The molecule has 0 saturated heterocycles. The molecule has 2 heteroatoms. The second-order valence-corrected chi connectivity index (χ2v) is 2.55. The van der Waals surface area contributed by atoms with Crippen LogP contribution in [0, 0.1) is 0 Å². The molecule has 0 amide bonds. The molecule has 60 valence electrons. The number of alkyl halides is 1. The summed E-state index contributed by atoms with van der Waals surface area (Å²) in [5, 5.41) is 9.12. The average Bonchev–Trinajstić information content (AvgIpc) is 2.05. The van der Waals surface area contributed by atoms with Crippen LogP contribution in [-0.4, -0.2) is 5.11 Å². The Hall–Kier alpha value is -0.890. The molecule has 1 atom stereocenters. The number of hydrogen-bond donors (Lipinski definition) is 1. The average molecular weight is 154 g/mol. The van der Waals surface area contributed by atoms with Crippen LogP contribution in [0.2, 0.25) is 0 Å². The van der Waals surface area contributed by atoms with Crippen LogP contribution in [-0.2, 0) is 6.67 Å². The molecule has 0 fully saturated rings. The zero-order valence-electron chi connectivity index (χ0n) is 6.42. The molecule has 0 aliphatic heterocycles. The van der Waals surface area contributed by atoms with Gasteiger partial charge >= 0.3 is 0 Å². The van der Waals surface area contributed by atoms with E-state index in [1.165, 1.54) is 0 Å². The van der Waals surface area contributed by atoms with E-state index in [0.717, 1.165) is 5.56 Å². The molecule has 0 aliphatic carbocycles. The third-order valence-corrected chi connectivity index (χ3v) is 1.59. The number of halogens is 1. The Bertz CT molecular complexity index is 233. The molecule has 11 heavy (non-hydrogen) atoms. The summed E-state index contributed by atoms with van der Waals surface area (Å²) in [6.45, 7) is 1.19. The van der Waals surface area contributed by atoms with E-state index >= 15 is 0 Å². The van der Waals surface area contributed by atoms with Gasteiger partial charge in [0.1, 0.15) is 6.67 Å². The minimum atomic E-state index is -0.513. The first-order chi connectivity index (χ1) is 5.24. The van der Waals surface area contributed by atoms with Gasteiger partial charge in [-0.15, -0.1) is 0 Å². The molecule has 0 aliphatic rings. The van der Waals surface area contributed by atoms with Crippen molar-refractivity contribution in [2.24, 2.45) is 0 Å². The number of aliphatic hydroxyl groups excluding tert-OH is 1. The Morgan fingerprint density at radius 2 is 2.27 bits per heavy atom. The van der Waals surface area contributed by atoms with Gasteiger partial charge in [-0.3, -0.25) is 0 Å². The lowest BCUT2D eigenvalue weighted by atomic mass is 10.1. The van der Waals surface area contributed by atoms with Crippen molar-refractivity contribution in [1.82, 2.24) is 0 Å². The van der Waals surface area contributed by atoms with Crippen molar-refractivity contribution in [2.45, 2.75) is 19.7 Å². The van der Waals surface area contributed by atoms with E-state index in [0.29, 0.717) is 5.56 Å². The quantitative estimate of drug-likeness (QED) is 0.692. The standard InChI is InChI=1S/C9H11FO/c1-7(11)9-4-2-3-8(5-9)6-10/h2-5,7,11H,6H2,1H3/t7-/m0/s1. The molecule has 1 N–H and O–H groups in total. The Balaban J connectivity index is 2.91. The lowest BCUT2D eigenvalue weighted by Gasteiger charge is -2.04. The van der Waals surface area contributed by atoms with Gasteiger partial charge in [-0.2, -0.15) is 0 Å². The highest BCUT2D eigenvalue weighted by Gasteiger charge is 2.00.